The van der Waals surface area contributed by atoms with Crippen molar-refractivity contribution in [3.05, 3.63) is 83.9 Å². The Morgan fingerprint density at radius 2 is 1.44 bits per heavy atom. The lowest BCUT2D eigenvalue weighted by atomic mass is 9.83. The molecule has 0 aliphatic heterocycles. The Kier molecular flexibility index (Phi) is 12.5. The van der Waals surface area contributed by atoms with E-state index in [1.54, 1.807) is 32.9 Å². The van der Waals surface area contributed by atoms with Crippen molar-refractivity contribution in [2.75, 3.05) is 0 Å². The summed E-state index contributed by atoms with van der Waals surface area (Å²) in [6.07, 6.45) is 2.97. The van der Waals surface area contributed by atoms with Crippen LogP contribution in [-0.4, -0.2) is 53.5 Å². The van der Waals surface area contributed by atoms with Gasteiger partial charge in [-0.25, -0.2) is 4.79 Å². The molecule has 0 saturated heterocycles. The van der Waals surface area contributed by atoms with Crippen LogP contribution in [-0.2, 0) is 41.7 Å². The van der Waals surface area contributed by atoms with E-state index in [1.807, 2.05) is 60.7 Å². The molecule has 0 heterocycles. The Bertz CT molecular complexity index is 1580. The smallest absolute Gasteiger partial charge is 0.408 e. The second kappa shape index (κ2) is 16.8. The van der Waals surface area contributed by atoms with Crippen molar-refractivity contribution in [1.29, 1.82) is 0 Å². The van der Waals surface area contributed by atoms with Crippen molar-refractivity contribution in [3.63, 3.8) is 0 Å². The fourth-order valence-electron chi connectivity index (χ4n) is 5.92. The number of ether oxygens (including phenoxy) is 2. The van der Waals surface area contributed by atoms with Crippen LogP contribution < -0.4 is 21.7 Å². The van der Waals surface area contributed by atoms with Gasteiger partial charge < -0.3 is 31.2 Å². The van der Waals surface area contributed by atoms with Crippen LogP contribution in [0, 0.1) is 5.92 Å². The molecular weight excluding hydrogens is 612 g/mol. The summed E-state index contributed by atoms with van der Waals surface area (Å²) in [6.45, 7) is 5.13. The summed E-state index contributed by atoms with van der Waals surface area (Å²) in [6, 6.07) is 18.7. The van der Waals surface area contributed by atoms with Gasteiger partial charge in [-0.3, -0.25) is 19.2 Å². The molecular formula is C37H46N4O7. The average Bonchev–Trinajstić information content (AvgIpc) is 3.05. The van der Waals surface area contributed by atoms with E-state index in [-0.39, 0.29) is 18.9 Å². The van der Waals surface area contributed by atoms with E-state index in [0.717, 1.165) is 41.2 Å². The molecule has 0 aromatic heterocycles. The van der Waals surface area contributed by atoms with Gasteiger partial charge in [-0.1, -0.05) is 92.1 Å². The predicted octanol–water partition coefficient (Wildman–Crippen LogP) is 4.44. The predicted molar refractivity (Wildman–Crippen MR) is 181 cm³/mol. The van der Waals surface area contributed by atoms with Crippen molar-refractivity contribution in [2.24, 2.45) is 11.7 Å². The molecule has 1 fully saturated rings. The highest BCUT2D eigenvalue weighted by molar-refractivity contribution is 5.96. The lowest BCUT2D eigenvalue weighted by Gasteiger charge is -2.32. The van der Waals surface area contributed by atoms with Crippen LogP contribution in [0.5, 0.6) is 0 Å². The molecule has 0 unspecified atom stereocenters. The molecule has 1 aliphatic rings. The van der Waals surface area contributed by atoms with E-state index in [2.05, 4.69) is 16.0 Å². The molecule has 5 N–H and O–H groups in total. The summed E-state index contributed by atoms with van der Waals surface area (Å²) in [4.78, 5) is 66.1. The van der Waals surface area contributed by atoms with Gasteiger partial charge in [0.15, 0.2) is 0 Å². The highest BCUT2D eigenvalue weighted by atomic mass is 16.6. The van der Waals surface area contributed by atoms with Crippen molar-refractivity contribution in [3.8, 4) is 0 Å². The number of primary amides is 1. The van der Waals surface area contributed by atoms with Gasteiger partial charge in [0.25, 0.3) is 0 Å². The second-order valence-corrected chi connectivity index (χ2v) is 13.2. The largest absolute Gasteiger partial charge is 0.461 e. The summed E-state index contributed by atoms with van der Waals surface area (Å²) < 4.78 is 10.9. The minimum Gasteiger partial charge on any atom is -0.461 e. The van der Waals surface area contributed by atoms with Crippen molar-refractivity contribution in [2.45, 2.75) is 96.1 Å². The topological polar surface area (TPSA) is 166 Å². The lowest BCUT2D eigenvalue weighted by Crippen LogP contribution is -2.59. The number of carbonyl (C=O) groups excluding carboxylic acids is 5. The quantitative estimate of drug-likeness (QED) is 0.197. The molecule has 0 spiro atoms. The van der Waals surface area contributed by atoms with Crippen LogP contribution in [0.25, 0.3) is 10.8 Å². The van der Waals surface area contributed by atoms with Gasteiger partial charge >= 0.3 is 12.1 Å². The fourth-order valence-corrected chi connectivity index (χ4v) is 5.92. The lowest BCUT2D eigenvalue weighted by molar-refractivity contribution is -0.147. The third-order valence-electron chi connectivity index (χ3n) is 8.29. The standard InChI is InChI=1S/C37H46N4O7/c1-37(2,3)48-36(46)41-32(26-16-8-5-9-17-26)35(45)40-30(22-31(42)47-23-24-13-6-4-7-14-24)34(44)39-29(33(38)43)21-27-19-12-18-25-15-10-11-20-28(25)27/h4,6-7,10-15,18-20,26,29-30,32H,5,8-9,16-17,21-23H2,1-3H3,(H2,38,43)(H,39,44)(H,40,45)(H,41,46)/t29-,30-,32-/m0/s1. The van der Waals surface area contributed by atoms with Crippen LogP contribution in [0.3, 0.4) is 0 Å². The van der Waals surface area contributed by atoms with Crippen molar-refractivity contribution in [1.82, 2.24) is 16.0 Å². The van der Waals surface area contributed by atoms with Crippen LogP contribution >= 0.6 is 0 Å². The fraction of sp³-hybridized carbons (Fsp3) is 0.432. The Hall–Kier alpha value is -4.93. The highest BCUT2D eigenvalue weighted by Gasteiger charge is 2.36. The summed E-state index contributed by atoms with van der Waals surface area (Å²) in [5.74, 6) is -3.15. The molecule has 1 saturated carbocycles. The SMILES string of the molecule is CC(C)(C)OC(=O)N[C@H](C(=O)N[C@@H](CC(=O)OCc1ccccc1)C(=O)N[C@@H](Cc1cccc2ccccc12)C(N)=O)C1CCCCC1. The van der Waals surface area contributed by atoms with Gasteiger partial charge in [0, 0.05) is 6.42 Å². The highest BCUT2D eigenvalue weighted by Crippen LogP contribution is 2.27. The zero-order chi connectivity index (χ0) is 34.7. The van der Waals surface area contributed by atoms with Crippen molar-refractivity contribution < 1.29 is 33.4 Å². The first-order valence-electron chi connectivity index (χ1n) is 16.5. The van der Waals surface area contributed by atoms with Gasteiger partial charge in [-0.15, -0.1) is 0 Å². The van der Waals surface area contributed by atoms with E-state index in [1.165, 1.54) is 0 Å². The van der Waals surface area contributed by atoms with Gasteiger partial charge in [0.05, 0.1) is 6.42 Å². The first kappa shape index (κ1) is 35.9. The number of nitrogens with one attached hydrogen (secondary N) is 3. The van der Waals surface area contributed by atoms with Gasteiger partial charge in [-0.05, 0) is 61.4 Å². The van der Waals surface area contributed by atoms with Gasteiger partial charge in [-0.2, -0.15) is 0 Å². The van der Waals surface area contributed by atoms with Gasteiger partial charge in [0.1, 0.15) is 30.3 Å². The van der Waals surface area contributed by atoms with E-state index < -0.39 is 59.9 Å². The van der Waals surface area contributed by atoms with E-state index in [4.69, 9.17) is 15.2 Å². The number of hydrogen-bond acceptors (Lipinski definition) is 7. The normalized spacial score (nSPS) is 15.4. The summed E-state index contributed by atoms with van der Waals surface area (Å²) >= 11 is 0. The number of esters is 1. The minimum absolute atomic E-state index is 0.0299. The molecule has 48 heavy (non-hydrogen) atoms. The second-order valence-electron chi connectivity index (χ2n) is 13.2. The Morgan fingerprint density at radius 3 is 2.12 bits per heavy atom. The molecule has 3 aromatic carbocycles. The molecule has 11 heteroatoms. The number of carbonyl (C=O) groups is 5. The van der Waals surface area contributed by atoms with E-state index in [0.29, 0.717) is 12.8 Å². The molecule has 1 aliphatic carbocycles. The monoisotopic (exact) mass is 658 g/mol. The molecule has 4 rings (SSSR count). The minimum atomic E-state index is -1.43. The Labute approximate surface area is 281 Å². The van der Waals surface area contributed by atoms with Crippen LogP contribution in [0.1, 0.15) is 70.4 Å². The number of fused-ring (bicyclic) bond motifs is 1. The van der Waals surface area contributed by atoms with E-state index >= 15 is 0 Å². The van der Waals surface area contributed by atoms with Crippen LogP contribution in [0.4, 0.5) is 4.79 Å². The zero-order valence-electron chi connectivity index (χ0n) is 27.8. The van der Waals surface area contributed by atoms with Crippen molar-refractivity contribution >= 4 is 40.6 Å². The maximum absolute atomic E-state index is 13.9. The first-order chi connectivity index (χ1) is 22.9. The van der Waals surface area contributed by atoms with E-state index in [9.17, 15) is 24.0 Å². The Balaban J connectivity index is 1.55. The number of rotatable bonds is 13. The molecule has 256 valence electrons. The van der Waals surface area contributed by atoms with Gasteiger partial charge in [0.2, 0.25) is 17.7 Å². The maximum atomic E-state index is 13.9. The molecule has 3 atom stereocenters. The number of alkyl carbamates (subject to hydrolysis) is 1. The maximum Gasteiger partial charge on any atom is 0.408 e. The summed E-state index contributed by atoms with van der Waals surface area (Å²) in [7, 11) is 0. The first-order valence-corrected chi connectivity index (χ1v) is 16.5. The molecule has 0 radical (unpaired) electrons. The Morgan fingerprint density at radius 1 is 0.792 bits per heavy atom. The van der Waals surface area contributed by atoms with Crippen LogP contribution in [0.2, 0.25) is 0 Å². The molecule has 11 nitrogen and oxygen atoms in total. The number of nitrogens with two attached hydrogens (primary N) is 1. The third-order valence-corrected chi connectivity index (χ3v) is 8.29. The average molecular weight is 659 g/mol. The zero-order valence-corrected chi connectivity index (χ0v) is 27.8. The molecule has 3 aromatic rings. The summed E-state index contributed by atoms with van der Waals surface area (Å²) in [5, 5.41) is 9.89. The molecule has 4 amide bonds. The third kappa shape index (κ3) is 10.8. The number of hydrogen-bond donors (Lipinski definition) is 4. The summed E-state index contributed by atoms with van der Waals surface area (Å²) in [5.41, 5.74) is 6.49. The number of amides is 4. The molecule has 0 bridgehead atoms. The number of benzene rings is 3. The van der Waals surface area contributed by atoms with Crippen LogP contribution in [0.15, 0.2) is 72.8 Å².